The summed E-state index contributed by atoms with van der Waals surface area (Å²) in [4.78, 5) is 18.6. The van der Waals surface area contributed by atoms with Crippen LogP contribution in [0, 0.1) is 0 Å². The average Bonchev–Trinajstić information content (AvgIpc) is 3.05. The molecule has 0 bridgehead atoms. The van der Waals surface area contributed by atoms with E-state index in [1.165, 1.54) is 0 Å². The molecule has 4 heteroatoms. The van der Waals surface area contributed by atoms with Gasteiger partial charge in [0.15, 0.2) is 0 Å². The number of hydrogen-bond donors (Lipinski definition) is 0. The van der Waals surface area contributed by atoms with Gasteiger partial charge in [0.1, 0.15) is 6.10 Å². The predicted molar refractivity (Wildman–Crippen MR) is 93.4 cm³/mol. The number of benzene rings is 1. The first-order chi connectivity index (χ1) is 11.8. The van der Waals surface area contributed by atoms with Gasteiger partial charge in [0.05, 0.1) is 6.04 Å². The molecule has 2 atom stereocenters. The number of aromatic nitrogens is 1. The Kier molecular flexibility index (Phi) is 5.59. The first-order valence-corrected chi connectivity index (χ1v) is 8.67. The Hall–Kier alpha value is -2.20. The summed E-state index contributed by atoms with van der Waals surface area (Å²) < 4.78 is 6.23. The smallest absolute Gasteiger partial charge is 0.223 e. The van der Waals surface area contributed by atoms with E-state index in [-0.39, 0.29) is 18.1 Å². The van der Waals surface area contributed by atoms with Crippen LogP contribution < -0.4 is 0 Å². The van der Waals surface area contributed by atoms with Crippen molar-refractivity contribution >= 4 is 5.91 Å². The molecule has 1 aromatic carbocycles. The van der Waals surface area contributed by atoms with Gasteiger partial charge in [-0.05, 0) is 36.1 Å². The maximum Gasteiger partial charge on any atom is 0.223 e. The maximum absolute atomic E-state index is 12.5. The van der Waals surface area contributed by atoms with Crippen molar-refractivity contribution in [2.45, 2.75) is 38.3 Å². The molecular formula is C20H24N2O2. The molecule has 0 unspecified atom stereocenters. The summed E-state index contributed by atoms with van der Waals surface area (Å²) in [5, 5.41) is 0. The van der Waals surface area contributed by atoms with Crippen LogP contribution in [0.5, 0.6) is 0 Å². The van der Waals surface area contributed by atoms with Crippen molar-refractivity contribution in [3.8, 4) is 0 Å². The van der Waals surface area contributed by atoms with Crippen molar-refractivity contribution in [2.24, 2.45) is 0 Å². The van der Waals surface area contributed by atoms with Crippen molar-refractivity contribution in [1.82, 2.24) is 9.88 Å². The van der Waals surface area contributed by atoms with E-state index in [0.29, 0.717) is 13.0 Å². The minimum Gasteiger partial charge on any atom is -0.371 e. The van der Waals surface area contributed by atoms with Crippen LogP contribution >= 0.6 is 0 Å². The Morgan fingerprint density at radius 2 is 1.88 bits per heavy atom. The van der Waals surface area contributed by atoms with Gasteiger partial charge in [-0.25, -0.2) is 0 Å². The lowest BCUT2D eigenvalue weighted by Gasteiger charge is -2.35. The van der Waals surface area contributed by atoms with Crippen molar-refractivity contribution in [3.63, 3.8) is 0 Å². The van der Waals surface area contributed by atoms with Gasteiger partial charge >= 0.3 is 0 Å². The molecule has 0 spiro atoms. The highest BCUT2D eigenvalue weighted by molar-refractivity contribution is 5.78. The second-order valence-corrected chi connectivity index (χ2v) is 6.12. The average molecular weight is 324 g/mol. The number of likely N-dealkylation sites (tertiary alicyclic amines) is 1. The maximum atomic E-state index is 12.5. The van der Waals surface area contributed by atoms with Crippen LogP contribution in [0.1, 0.15) is 49.5 Å². The van der Waals surface area contributed by atoms with Gasteiger partial charge < -0.3 is 9.64 Å². The summed E-state index contributed by atoms with van der Waals surface area (Å²) in [5.74, 6) is 0.211. The molecule has 2 aromatic rings. The van der Waals surface area contributed by atoms with E-state index in [0.717, 1.165) is 30.5 Å². The van der Waals surface area contributed by atoms with Crippen LogP contribution in [0.3, 0.4) is 0 Å². The van der Waals surface area contributed by atoms with Gasteiger partial charge in [-0.1, -0.05) is 37.3 Å². The zero-order valence-electron chi connectivity index (χ0n) is 14.1. The Bertz CT molecular complexity index is 645. The van der Waals surface area contributed by atoms with Gasteiger partial charge in [0.25, 0.3) is 0 Å². The molecule has 1 saturated heterocycles. The number of carbonyl (C=O) groups is 1. The van der Waals surface area contributed by atoms with E-state index in [4.69, 9.17) is 4.74 Å². The Morgan fingerprint density at radius 3 is 2.50 bits per heavy atom. The molecule has 24 heavy (non-hydrogen) atoms. The normalized spacial score (nSPS) is 17.0. The topological polar surface area (TPSA) is 42.4 Å². The van der Waals surface area contributed by atoms with Crippen LogP contribution in [0.2, 0.25) is 0 Å². The molecule has 1 aromatic heterocycles. The van der Waals surface area contributed by atoms with Gasteiger partial charge in [0, 0.05) is 32.0 Å². The zero-order valence-corrected chi connectivity index (χ0v) is 14.1. The molecule has 0 aliphatic carbocycles. The lowest BCUT2D eigenvalue weighted by atomic mass is 9.94. The molecule has 126 valence electrons. The zero-order chi connectivity index (χ0) is 16.8. The van der Waals surface area contributed by atoms with E-state index >= 15 is 0 Å². The fourth-order valence-corrected chi connectivity index (χ4v) is 3.30. The molecular weight excluding hydrogens is 300 g/mol. The second-order valence-electron chi connectivity index (χ2n) is 6.12. The first kappa shape index (κ1) is 16.7. The van der Waals surface area contributed by atoms with Crippen molar-refractivity contribution < 1.29 is 9.53 Å². The summed E-state index contributed by atoms with van der Waals surface area (Å²) in [6.07, 6.45) is 5.87. The molecule has 4 nitrogen and oxygen atoms in total. The summed E-state index contributed by atoms with van der Waals surface area (Å²) in [5.41, 5.74) is 2.18. The molecule has 0 saturated carbocycles. The number of hydrogen-bond acceptors (Lipinski definition) is 3. The highest BCUT2D eigenvalue weighted by Crippen LogP contribution is 2.39. The Balaban J connectivity index is 2.01. The monoisotopic (exact) mass is 324 g/mol. The molecule has 1 fully saturated rings. The van der Waals surface area contributed by atoms with Gasteiger partial charge in [0.2, 0.25) is 5.91 Å². The molecule has 1 aliphatic rings. The molecule has 0 radical (unpaired) electrons. The summed E-state index contributed by atoms with van der Waals surface area (Å²) in [7, 11) is 0. The SMILES string of the molecule is CCCO[C@H](c1ccncc1)[C@H](c1ccccc1)N1CCCC1=O. The third kappa shape index (κ3) is 3.65. The number of carbonyl (C=O) groups excluding carboxylic acids is 1. The van der Waals surface area contributed by atoms with E-state index in [1.807, 2.05) is 35.2 Å². The van der Waals surface area contributed by atoms with Crippen LogP contribution in [0.15, 0.2) is 54.9 Å². The number of rotatable bonds is 7. The van der Waals surface area contributed by atoms with E-state index in [2.05, 4.69) is 24.0 Å². The lowest BCUT2D eigenvalue weighted by Crippen LogP contribution is -2.35. The van der Waals surface area contributed by atoms with Crippen LogP contribution in [0.4, 0.5) is 0 Å². The standard InChI is InChI=1S/C20H24N2O2/c1-2-15-24-20(17-10-12-21-13-11-17)19(16-7-4-3-5-8-16)22-14-6-9-18(22)23/h3-5,7-8,10-13,19-20H,2,6,9,14-15H2,1H3/t19-,20+/m0/s1. The van der Waals surface area contributed by atoms with Crippen molar-refractivity contribution in [3.05, 3.63) is 66.0 Å². The van der Waals surface area contributed by atoms with Crippen LogP contribution in [-0.4, -0.2) is 28.9 Å². The quantitative estimate of drug-likeness (QED) is 0.775. The molecule has 1 aliphatic heterocycles. The fraction of sp³-hybridized carbons (Fsp3) is 0.400. The van der Waals surface area contributed by atoms with Crippen molar-refractivity contribution in [2.75, 3.05) is 13.2 Å². The lowest BCUT2D eigenvalue weighted by molar-refractivity contribution is -0.133. The minimum absolute atomic E-state index is 0.102. The molecule has 0 N–H and O–H groups in total. The predicted octanol–water partition coefficient (Wildman–Crippen LogP) is 3.91. The Labute approximate surface area is 143 Å². The Morgan fingerprint density at radius 1 is 1.12 bits per heavy atom. The fourth-order valence-electron chi connectivity index (χ4n) is 3.30. The minimum atomic E-state index is -0.183. The molecule has 3 rings (SSSR count). The third-order valence-electron chi connectivity index (χ3n) is 4.41. The van der Waals surface area contributed by atoms with Crippen LogP contribution in [0.25, 0.3) is 0 Å². The van der Waals surface area contributed by atoms with Gasteiger partial charge in [-0.2, -0.15) is 0 Å². The number of amides is 1. The number of pyridine rings is 1. The first-order valence-electron chi connectivity index (χ1n) is 8.67. The van der Waals surface area contributed by atoms with Gasteiger partial charge in [-0.15, -0.1) is 0 Å². The van der Waals surface area contributed by atoms with E-state index < -0.39 is 0 Å². The van der Waals surface area contributed by atoms with Crippen molar-refractivity contribution in [1.29, 1.82) is 0 Å². The van der Waals surface area contributed by atoms with E-state index in [1.54, 1.807) is 12.4 Å². The number of nitrogens with zero attached hydrogens (tertiary/aromatic N) is 2. The summed E-state index contributed by atoms with van der Waals surface area (Å²) in [6.45, 7) is 3.55. The second kappa shape index (κ2) is 8.06. The molecule has 1 amide bonds. The molecule has 2 heterocycles. The third-order valence-corrected chi connectivity index (χ3v) is 4.41. The van der Waals surface area contributed by atoms with Crippen LogP contribution in [-0.2, 0) is 9.53 Å². The highest BCUT2D eigenvalue weighted by atomic mass is 16.5. The summed E-state index contributed by atoms with van der Waals surface area (Å²) >= 11 is 0. The van der Waals surface area contributed by atoms with Gasteiger partial charge in [-0.3, -0.25) is 9.78 Å². The highest BCUT2D eigenvalue weighted by Gasteiger charge is 2.36. The summed E-state index contributed by atoms with van der Waals surface area (Å²) in [6, 6.07) is 14.1. The number of ether oxygens (including phenoxy) is 1. The largest absolute Gasteiger partial charge is 0.371 e. The van der Waals surface area contributed by atoms with E-state index in [9.17, 15) is 4.79 Å².